The number of likely N-dealkylation sites (tertiary alicyclic amines) is 1. The second-order valence-corrected chi connectivity index (χ2v) is 14.3. The molecule has 2 saturated carbocycles. The van der Waals surface area contributed by atoms with E-state index in [9.17, 15) is 14.0 Å². The van der Waals surface area contributed by atoms with Gasteiger partial charge in [0.25, 0.3) is 5.91 Å². The van der Waals surface area contributed by atoms with Crippen LogP contribution >= 0.6 is 0 Å². The molecule has 2 saturated heterocycles. The summed E-state index contributed by atoms with van der Waals surface area (Å²) in [5, 5.41) is 3.76. The monoisotopic (exact) mass is 617 g/mol. The van der Waals surface area contributed by atoms with E-state index in [1.165, 1.54) is 44.2 Å². The number of rotatable bonds is 8. The van der Waals surface area contributed by atoms with E-state index in [-0.39, 0.29) is 24.0 Å². The summed E-state index contributed by atoms with van der Waals surface area (Å²) in [7, 11) is 0. The van der Waals surface area contributed by atoms with E-state index in [2.05, 4.69) is 25.0 Å². The molecule has 2 bridgehead atoms. The number of halogens is 1. The predicted molar refractivity (Wildman–Crippen MR) is 173 cm³/mol. The normalized spacial score (nSPS) is 27.9. The molecule has 5 atom stereocenters. The maximum absolute atomic E-state index is 14.5. The Hall–Kier alpha value is -3.27. The fourth-order valence-electron chi connectivity index (χ4n) is 8.71. The van der Waals surface area contributed by atoms with Gasteiger partial charge in [-0.2, -0.15) is 0 Å². The zero-order valence-corrected chi connectivity index (χ0v) is 27.0. The van der Waals surface area contributed by atoms with Crippen LogP contribution in [0.2, 0.25) is 0 Å². The summed E-state index contributed by atoms with van der Waals surface area (Å²) in [6.07, 6.45) is 12.8. The van der Waals surface area contributed by atoms with Crippen LogP contribution in [0.4, 0.5) is 21.6 Å². The molecule has 242 valence electrons. The van der Waals surface area contributed by atoms with E-state index in [1.54, 1.807) is 23.5 Å². The first-order valence-corrected chi connectivity index (χ1v) is 17.3. The van der Waals surface area contributed by atoms with Gasteiger partial charge in [-0.15, -0.1) is 0 Å². The van der Waals surface area contributed by atoms with Gasteiger partial charge < -0.3 is 24.9 Å². The molecule has 1 N–H and O–H groups in total. The van der Waals surface area contributed by atoms with Crippen molar-refractivity contribution in [1.82, 2.24) is 25.1 Å². The summed E-state index contributed by atoms with van der Waals surface area (Å²) in [6, 6.07) is 5.25. The number of nitrogens with zero attached hydrogens (tertiary/aromatic N) is 6. The first-order valence-electron chi connectivity index (χ1n) is 17.3. The van der Waals surface area contributed by atoms with Gasteiger partial charge in [-0.3, -0.25) is 9.59 Å². The Kier molecular flexibility index (Phi) is 8.44. The minimum absolute atomic E-state index is 0.00314. The number of fused-ring (bicyclic) bond motifs is 3. The molecule has 45 heavy (non-hydrogen) atoms. The van der Waals surface area contributed by atoms with Crippen LogP contribution < -0.4 is 15.1 Å². The van der Waals surface area contributed by atoms with Gasteiger partial charge in [0.05, 0.1) is 23.5 Å². The van der Waals surface area contributed by atoms with Crippen LogP contribution in [-0.4, -0.2) is 88.5 Å². The Balaban J connectivity index is 1.05. The second-order valence-electron chi connectivity index (χ2n) is 14.3. The molecular formula is C35H48FN7O2. The van der Waals surface area contributed by atoms with E-state index in [4.69, 9.17) is 4.98 Å². The first-order chi connectivity index (χ1) is 21.8. The van der Waals surface area contributed by atoms with Crippen LogP contribution in [-0.2, 0) is 4.79 Å². The number of carbonyl (C=O) groups excluding carboxylic acids is 2. The molecule has 9 nitrogen and oxygen atoms in total. The van der Waals surface area contributed by atoms with Crippen molar-refractivity contribution in [2.75, 3.05) is 42.5 Å². The average Bonchev–Trinajstić information content (AvgIpc) is 3.72. The van der Waals surface area contributed by atoms with E-state index >= 15 is 0 Å². The van der Waals surface area contributed by atoms with Gasteiger partial charge in [0.1, 0.15) is 17.8 Å². The second kappa shape index (κ2) is 12.5. The lowest BCUT2D eigenvalue weighted by atomic mass is 9.90. The molecule has 4 fully saturated rings. The summed E-state index contributed by atoms with van der Waals surface area (Å²) in [4.78, 5) is 44.8. The van der Waals surface area contributed by atoms with Crippen LogP contribution in [0.1, 0.15) is 82.5 Å². The summed E-state index contributed by atoms with van der Waals surface area (Å²) >= 11 is 0. The van der Waals surface area contributed by atoms with Gasteiger partial charge in [-0.25, -0.2) is 14.4 Å². The Morgan fingerprint density at radius 1 is 1.07 bits per heavy atom. The molecule has 2 amide bonds. The van der Waals surface area contributed by atoms with Crippen molar-refractivity contribution in [2.45, 2.75) is 96.3 Å². The molecule has 0 radical (unpaired) electrons. The number of hydrogen-bond acceptors (Lipinski definition) is 7. The smallest absolute Gasteiger partial charge is 0.256 e. The molecule has 1 aromatic heterocycles. The fourth-order valence-corrected chi connectivity index (χ4v) is 8.71. The minimum Gasteiger partial charge on any atom is -0.350 e. The zero-order chi connectivity index (χ0) is 31.2. The van der Waals surface area contributed by atoms with Gasteiger partial charge in [-0.1, -0.05) is 12.8 Å². The van der Waals surface area contributed by atoms with Crippen LogP contribution in [0.15, 0.2) is 30.7 Å². The van der Waals surface area contributed by atoms with Crippen molar-refractivity contribution in [1.29, 1.82) is 0 Å². The Morgan fingerprint density at radius 3 is 2.64 bits per heavy atom. The molecule has 1 aromatic carbocycles. The van der Waals surface area contributed by atoms with Gasteiger partial charge >= 0.3 is 0 Å². The summed E-state index contributed by atoms with van der Waals surface area (Å²) in [5.74, 6) is 2.73. The van der Waals surface area contributed by atoms with Crippen LogP contribution in [0.25, 0.3) is 0 Å². The Labute approximate surface area is 266 Å². The van der Waals surface area contributed by atoms with E-state index in [0.717, 1.165) is 55.7 Å². The van der Waals surface area contributed by atoms with Crippen LogP contribution in [0.5, 0.6) is 0 Å². The lowest BCUT2D eigenvalue weighted by Gasteiger charge is -2.42. The fraction of sp³-hybridized carbons (Fsp3) is 0.657. The summed E-state index contributed by atoms with van der Waals surface area (Å²) in [6.45, 7) is 9.33. The molecule has 2 unspecified atom stereocenters. The number of piperidine rings is 1. The highest BCUT2D eigenvalue weighted by Crippen LogP contribution is 2.47. The number of nitrogens with one attached hydrogen (secondary N) is 1. The molecule has 3 aliphatic heterocycles. The van der Waals surface area contributed by atoms with E-state index in [0.29, 0.717) is 48.8 Å². The number of amides is 2. The third-order valence-electron chi connectivity index (χ3n) is 11.2. The van der Waals surface area contributed by atoms with Crippen LogP contribution in [0, 0.1) is 23.6 Å². The molecule has 2 aliphatic carbocycles. The van der Waals surface area contributed by atoms with Crippen molar-refractivity contribution in [3.8, 4) is 0 Å². The first kappa shape index (κ1) is 30.4. The summed E-state index contributed by atoms with van der Waals surface area (Å²) in [5.41, 5.74) is 1.85. The quantitative estimate of drug-likeness (QED) is 0.447. The number of carbonyl (C=O) groups is 2. The minimum atomic E-state index is -0.429. The third kappa shape index (κ3) is 5.90. The molecular weight excluding hydrogens is 569 g/mol. The average molecular weight is 618 g/mol. The topological polar surface area (TPSA) is 84.9 Å². The predicted octanol–water partition coefficient (Wildman–Crippen LogP) is 4.99. The lowest BCUT2D eigenvalue weighted by molar-refractivity contribution is -0.134. The molecule has 5 aliphatic rings. The van der Waals surface area contributed by atoms with Gasteiger partial charge in [-0.05, 0) is 95.2 Å². The molecule has 4 heterocycles. The van der Waals surface area contributed by atoms with Crippen molar-refractivity contribution >= 4 is 29.0 Å². The Bertz CT molecular complexity index is 1420. The number of anilines is 3. The number of aromatic nitrogens is 2. The highest BCUT2D eigenvalue weighted by atomic mass is 19.1. The standard InChI is InChI=1S/C35H48FN7O2/c1-4-41(22(2)3)34(44)28-19-26(36)9-10-30(28)43-15-14-42(33-31(43)20-37-21-38-33)27-6-5-12-40(13-11-27)35(45)32-25-17-24(16-23-7-8-23)29(18-25)39-32/h9-10,19-25,27,29,32,39H,4-8,11-18H2,1-3H3/t24-,25?,27-,29?,32-/m0/s1. The molecule has 0 spiro atoms. The van der Waals surface area contributed by atoms with E-state index in [1.807, 2.05) is 20.8 Å². The molecule has 7 rings (SSSR count). The van der Waals surface area contributed by atoms with Gasteiger partial charge in [0, 0.05) is 50.8 Å². The van der Waals surface area contributed by atoms with Crippen molar-refractivity contribution < 1.29 is 14.0 Å². The summed E-state index contributed by atoms with van der Waals surface area (Å²) < 4.78 is 14.5. The van der Waals surface area contributed by atoms with Crippen molar-refractivity contribution in [3.63, 3.8) is 0 Å². The molecule has 2 aromatic rings. The van der Waals surface area contributed by atoms with Crippen molar-refractivity contribution in [3.05, 3.63) is 42.1 Å². The third-order valence-corrected chi connectivity index (χ3v) is 11.2. The van der Waals surface area contributed by atoms with E-state index < -0.39 is 5.82 Å². The number of benzene rings is 1. The maximum Gasteiger partial charge on any atom is 0.256 e. The zero-order valence-electron chi connectivity index (χ0n) is 27.0. The van der Waals surface area contributed by atoms with Gasteiger partial charge in [0.15, 0.2) is 5.82 Å². The van der Waals surface area contributed by atoms with Crippen molar-refractivity contribution in [2.24, 2.45) is 17.8 Å². The maximum atomic E-state index is 14.5. The highest BCUT2D eigenvalue weighted by Gasteiger charge is 2.50. The molecule has 10 heteroatoms. The Morgan fingerprint density at radius 2 is 1.91 bits per heavy atom. The van der Waals surface area contributed by atoms with Crippen LogP contribution in [0.3, 0.4) is 0 Å². The largest absolute Gasteiger partial charge is 0.350 e. The highest BCUT2D eigenvalue weighted by molar-refractivity contribution is 6.01. The lowest BCUT2D eigenvalue weighted by Crippen LogP contribution is -2.52. The number of hydrogen-bond donors (Lipinski definition) is 1. The SMILES string of the molecule is CCN(C(=O)c1cc(F)ccc1N1CCN([C@H]2CCCN(C(=O)[C@H]3NC4CC3C[C@@H]4CC3CC3)CC2)c2ncncc21)C(C)C. The van der Waals surface area contributed by atoms with Gasteiger partial charge in [0.2, 0.25) is 5.91 Å².